The first kappa shape index (κ1) is 13.1. The van der Waals surface area contributed by atoms with Crippen LogP contribution >= 0.6 is 0 Å². The Hall–Kier alpha value is -1.35. The number of carboxylic acids is 1. The molecule has 0 radical (unpaired) electrons. The van der Waals surface area contributed by atoms with Crippen molar-refractivity contribution < 1.29 is 9.90 Å². The summed E-state index contributed by atoms with van der Waals surface area (Å²) in [5.74, 6) is -0.671. The van der Waals surface area contributed by atoms with Crippen molar-refractivity contribution in [1.82, 2.24) is 4.90 Å². The number of hydrogen-bond donors (Lipinski definition) is 1. The van der Waals surface area contributed by atoms with Crippen LogP contribution in [0.4, 0.5) is 0 Å². The molecule has 0 aromatic heterocycles. The molecule has 1 fully saturated rings. The van der Waals surface area contributed by atoms with E-state index in [1.54, 1.807) is 0 Å². The zero-order valence-electron chi connectivity index (χ0n) is 11.1. The highest BCUT2D eigenvalue weighted by Gasteiger charge is 2.44. The molecule has 98 valence electrons. The third-order valence-electron chi connectivity index (χ3n) is 4.06. The number of aryl methyl sites for hydroxylation is 1. The van der Waals surface area contributed by atoms with E-state index in [9.17, 15) is 9.90 Å². The molecule has 0 unspecified atom stereocenters. The molecule has 0 spiro atoms. The summed E-state index contributed by atoms with van der Waals surface area (Å²) in [6.45, 7) is 2.76. The summed E-state index contributed by atoms with van der Waals surface area (Å²) in [6, 6.07) is 8.28. The largest absolute Gasteiger partial charge is 0.480 e. The number of benzene rings is 1. The summed E-state index contributed by atoms with van der Waals surface area (Å²) in [5, 5.41) is 9.53. The highest BCUT2D eigenvalue weighted by molar-refractivity contribution is 5.79. The van der Waals surface area contributed by atoms with Crippen molar-refractivity contribution in [2.24, 2.45) is 0 Å². The van der Waals surface area contributed by atoms with Crippen molar-refractivity contribution in [1.29, 1.82) is 0 Å². The summed E-state index contributed by atoms with van der Waals surface area (Å²) in [5.41, 5.74) is 1.76. The van der Waals surface area contributed by atoms with Gasteiger partial charge in [-0.25, -0.2) is 0 Å². The monoisotopic (exact) mass is 247 g/mol. The number of likely N-dealkylation sites (N-methyl/N-ethyl adjacent to an activating group) is 1. The van der Waals surface area contributed by atoms with Gasteiger partial charge in [0.2, 0.25) is 0 Å². The Morgan fingerprint density at radius 2 is 2.06 bits per heavy atom. The molecule has 1 aliphatic carbocycles. The van der Waals surface area contributed by atoms with E-state index in [0.717, 1.165) is 25.7 Å². The number of carbonyl (C=O) groups is 1. The van der Waals surface area contributed by atoms with Crippen LogP contribution in [0.25, 0.3) is 0 Å². The van der Waals surface area contributed by atoms with Gasteiger partial charge in [-0.3, -0.25) is 9.69 Å². The molecule has 0 atom stereocenters. The summed E-state index contributed by atoms with van der Waals surface area (Å²) >= 11 is 0. The fourth-order valence-corrected chi connectivity index (χ4v) is 2.95. The Bertz CT molecular complexity index is 436. The van der Waals surface area contributed by atoms with E-state index in [0.29, 0.717) is 6.54 Å². The smallest absolute Gasteiger partial charge is 0.324 e. The minimum absolute atomic E-state index is 0.649. The number of rotatable bonds is 4. The van der Waals surface area contributed by atoms with Gasteiger partial charge in [0.1, 0.15) is 5.54 Å². The van der Waals surface area contributed by atoms with E-state index in [1.807, 2.05) is 18.0 Å². The van der Waals surface area contributed by atoms with Crippen LogP contribution in [0.1, 0.15) is 36.8 Å². The van der Waals surface area contributed by atoms with Gasteiger partial charge < -0.3 is 5.11 Å². The average Bonchev–Trinajstić information content (AvgIpc) is 2.79. The zero-order chi connectivity index (χ0) is 13.2. The topological polar surface area (TPSA) is 40.5 Å². The van der Waals surface area contributed by atoms with Crippen molar-refractivity contribution in [3.63, 3.8) is 0 Å². The van der Waals surface area contributed by atoms with E-state index in [1.165, 1.54) is 11.1 Å². The average molecular weight is 247 g/mol. The molecule has 18 heavy (non-hydrogen) atoms. The molecule has 1 saturated carbocycles. The Balaban J connectivity index is 2.15. The van der Waals surface area contributed by atoms with E-state index < -0.39 is 11.5 Å². The molecule has 0 aliphatic heterocycles. The van der Waals surface area contributed by atoms with E-state index in [2.05, 4.69) is 25.1 Å². The second-order valence-electron chi connectivity index (χ2n) is 5.39. The van der Waals surface area contributed by atoms with Gasteiger partial charge >= 0.3 is 5.97 Å². The van der Waals surface area contributed by atoms with E-state index in [-0.39, 0.29) is 0 Å². The molecule has 0 heterocycles. The second-order valence-corrected chi connectivity index (χ2v) is 5.39. The first-order valence-corrected chi connectivity index (χ1v) is 6.55. The molecule has 3 heteroatoms. The van der Waals surface area contributed by atoms with Crippen LogP contribution in [0, 0.1) is 6.92 Å². The zero-order valence-corrected chi connectivity index (χ0v) is 11.1. The molecule has 1 aromatic carbocycles. The molecule has 1 aromatic rings. The molecule has 0 saturated heterocycles. The van der Waals surface area contributed by atoms with E-state index >= 15 is 0 Å². The Kier molecular flexibility index (Phi) is 3.71. The highest BCUT2D eigenvalue weighted by Crippen LogP contribution is 2.35. The van der Waals surface area contributed by atoms with Crippen LogP contribution in [0.5, 0.6) is 0 Å². The number of carboxylic acid groups (broad SMARTS) is 1. The molecule has 3 nitrogen and oxygen atoms in total. The van der Waals surface area contributed by atoms with Crippen molar-refractivity contribution in [3.8, 4) is 0 Å². The van der Waals surface area contributed by atoms with Crippen molar-refractivity contribution >= 4 is 5.97 Å². The molecule has 1 N–H and O–H groups in total. The van der Waals surface area contributed by atoms with Crippen LogP contribution in [-0.2, 0) is 11.3 Å². The Morgan fingerprint density at radius 1 is 1.39 bits per heavy atom. The third kappa shape index (κ3) is 2.41. The van der Waals surface area contributed by atoms with Gasteiger partial charge in [0.05, 0.1) is 0 Å². The number of hydrogen-bond acceptors (Lipinski definition) is 2. The highest BCUT2D eigenvalue weighted by atomic mass is 16.4. The lowest BCUT2D eigenvalue weighted by molar-refractivity contribution is -0.150. The maximum Gasteiger partial charge on any atom is 0.324 e. The third-order valence-corrected chi connectivity index (χ3v) is 4.06. The fraction of sp³-hybridized carbons (Fsp3) is 0.533. The molecule has 0 amide bonds. The minimum Gasteiger partial charge on any atom is -0.480 e. The Morgan fingerprint density at radius 3 is 2.61 bits per heavy atom. The normalized spacial score (nSPS) is 18.2. The molecular weight excluding hydrogens is 226 g/mol. The molecule has 0 bridgehead atoms. The predicted octanol–water partition coefficient (Wildman–Crippen LogP) is 2.82. The summed E-state index contributed by atoms with van der Waals surface area (Å²) in [7, 11) is 1.93. The predicted molar refractivity (Wildman–Crippen MR) is 71.5 cm³/mol. The Labute approximate surface area is 108 Å². The number of aliphatic carboxylic acids is 1. The van der Waals surface area contributed by atoms with Gasteiger partial charge in [-0.05, 0) is 32.4 Å². The van der Waals surface area contributed by atoms with Gasteiger partial charge in [0, 0.05) is 6.54 Å². The molecular formula is C15H21NO2. The first-order valence-electron chi connectivity index (χ1n) is 6.55. The van der Waals surface area contributed by atoms with Crippen LogP contribution in [0.3, 0.4) is 0 Å². The van der Waals surface area contributed by atoms with Gasteiger partial charge in [-0.2, -0.15) is 0 Å². The summed E-state index contributed by atoms with van der Waals surface area (Å²) < 4.78 is 0. The molecule has 1 aliphatic rings. The lowest BCUT2D eigenvalue weighted by Crippen LogP contribution is -2.50. The summed E-state index contributed by atoms with van der Waals surface area (Å²) in [4.78, 5) is 13.6. The maximum absolute atomic E-state index is 11.6. The van der Waals surface area contributed by atoms with Crippen molar-refractivity contribution in [3.05, 3.63) is 35.4 Å². The van der Waals surface area contributed by atoms with Gasteiger partial charge in [0.15, 0.2) is 0 Å². The lowest BCUT2D eigenvalue weighted by atomic mass is 9.95. The van der Waals surface area contributed by atoms with Crippen molar-refractivity contribution in [2.75, 3.05) is 7.05 Å². The lowest BCUT2D eigenvalue weighted by Gasteiger charge is -2.34. The number of nitrogens with zero attached hydrogens (tertiary/aromatic N) is 1. The standard InChI is InChI=1S/C15H21NO2/c1-12-6-5-7-13(10-12)11-16(2)15(14(17)18)8-3-4-9-15/h5-7,10H,3-4,8-9,11H2,1-2H3,(H,17,18). The van der Waals surface area contributed by atoms with Gasteiger partial charge in [0.25, 0.3) is 0 Å². The SMILES string of the molecule is Cc1cccc(CN(C)C2(C(=O)O)CCCC2)c1. The molecule has 2 rings (SSSR count). The van der Waals surface area contributed by atoms with Crippen LogP contribution in [-0.4, -0.2) is 28.6 Å². The summed E-state index contributed by atoms with van der Waals surface area (Å²) in [6.07, 6.45) is 3.57. The van der Waals surface area contributed by atoms with Gasteiger partial charge in [-0.1, -0.05) is 42.7 Å². The van der Waals surface area contributed by atoms with Crippen LogP contribution < -0.4 is 0 Å². The second kappa shape index (κ2) is 5.11. The maximum atomic E-state index is 11.6. The van der Waals surface area contributed by atoms with E-state index in [4.69, 9.17) is 0 Å². The van der Waals surface area contributed by atoms with Crippen LogP contribution in [0.2, 0.25) is 0 Å². The van der Waals surface area contributed by atoms with Gasteiger partial charge in [-0.15, -0.1) is 0 Å². The first-order chi connectivity index (χ1) is 8.54. The van der Waals surface area contributed by atoms with Crippen molar-refractivity contribution in [2.45, 2.75) is 44.7 Å². The minimum atomic E-state index is -0.671. The van der Waals surface area contributed by atoms with Crippen LogP contribution in [0.15, 0.2) is 24.3 Å². The fourth-order valence-electron chi connectivity index (χ4n) is 2.95. The quantitative estimate of drug-likeness (QED) is 0.889.